The Labute approximate surface area is 75.1 Å². The van der Waals surface area contributed by atoms with Crippen molar-refractivity contribution in [1.82, 2.24) is 9.80 Å². The summed E-state index contributed by atoms with van der Waals surface area (Å²) in [5.74, 6) is 0. The van der Waals surface area contributed by atoms with Gasteiger partial charge in [-0.25, -0.2) is 0 Å². The molecule has 0 unspecified atom stereocenters. The molecule has 0 fully saturated rings. The quantitative estimate of drug-likeness (QED) is 0.334. The third-order valence-electron chi connectivity index (χ3n) is 1.18. The lowest BCUT2D eigenvalue weighted by molar-refractivity contribution is -0.138. The highest BCUT2D eigenvalue weighted by atomic mass is 16.5. The van der Waals surface area contributed by atoms with Crippen LogP contribution < -0.4 is 0 Å². The van der Waals surface area contributed by atoms with Crippen molar-refractivity contribution in [3.63, 3.8) is 0 Å². The number of carbonyl (C=O) groups excluding carboxylic acids is 2. The van der Waals surface area contributed by atoms with E-state index in [4.69, 9.17) is 14.9 Å². The van der Waals surface area contributed by atoms with Gasteiger partial charge in [0.05, 0.1) is 0 Å². The van der Waals surface area contributed by atoms with Crippen molar-refractivity contribution >= 4 is 12.8 Å². The summed E-state index contributed by atoms with van der Waals surface area (Å²) in [5.41, 5.74) is 0. The van der Waals surface area contributed by atoms with E-state index in [0.717, 1.165) is 9.80 Å². The van der Waals surface area contributed by atoms with Crippen molar-refractivity contribution in [2.24, 2.45) is 0 Å². The van der Waals surface area contributed by atoms with Crippen LogP contribution in [0.25, 0.3) is 0 Å². The molecule has 0 radical (unpaired) electrons. The molecular weight excluding hydrogens is 180 g/mol. The summed E-state index contributed by atoms with van der Waals surface area (Å²) in [6.45, 7) is -1.18. The Bertz CT molecular complexity index is 138. The number of rotatable bonds is 8. The van der Waals surface area contributed by atoms with E-state index in [1.54, 1.807) is 0 Å². The van der Waals surface area contributed by atoms with Gasteiger partial charge in [0.25, 0.3) is 0 Å². The van der Waals surface area contributed by atoms with Gasteiger partial charge in [-0.1, -0.05) is 0 Å². The van der Waals surface area contributed by atoms with E-state index < -0.39 is 13.5 Å². The third kappa shape index (κ3) is 5.12. The number of ether oxygens (including phenoxy) is 1. The van der Waals surface area contributed by atoms with E-state index >= 15 is 0 Å². The monoisotopic (exact) mass is 192 g/mol. The van der Waals surface area contributed by atoms with Gasteiger partial charge in [-0.05, 0) is 0 Å². The summed E-state index contributed by atoms with van der Waals surface area (Å²) in [4.78, 5) is 22.1. The fourth-order valence-electron chi connectivity index (χ4n) is 0.485. The lowest BCUT2D eigenvalue weighted by Gasteiger charge is -2.17. The molecule has 0 aliphatic carbocycles. The standard InChI is InChI=1S/C6H12N2O5/c9-1-7(2-10)5-13-6-8(3-11)4-12/h1,3,10,12H,2,4-6H2. The molecule has 0 atom stereocenters. The molecule has 0 saturated heterocycles. The van der Waals surface area contributed by atoms with E-state index in [2.05, 4.69) is 0 Å². The first-order valence-corrected chi connectivity index (χ1v) is 3.46. The van der Waals surface area contributed by atoms with Crippen molar-refractivity contribution in [1.29, 1.82) is 0 Å². The Balaban J connectivity index is 3.52. The van der Waals surface area contributed by atoms with Gasteiger partial charge >= 0.3 is 0 Å². The van der Waals surface area contributed by atoms with Crippen molar-refractivity contribution in [3.8, 4) is 0 Å². The number of hydrogen-bond donors (Lipinski definition) is 2. The SMILES string of the molecule is O=CN(CO)COCN(C=O)CO. The molecule has 0 saturated carbocycles. The molecule has 0 spiro atoms. The smallest absolute Gasteiger partial charge is 0.213 e. The fourth-order valence-corrected chi connectivity index (χ4v) is 0.485. The Kier molecular flexibility index (Phi) is 6.79. The van der Waals surface area contributed by atoms with Crippen LogP contribution in [0.15, 0.2) is 0 Å². The molecule has 0 aromatic carbocycles. The highest BCUT2D eigenvalue weighted by Crippen LogP contribution is 1.85. The van der Waals surface area contributed by atoms with Crippen LogP contribution in [0.2, 0.25) is 0 Å². The van der Waals surface area contributed by atoms with E-state index in [0.29, 0.717) is 12.8 Å². The lowest BCUT2D eigenvalue weighted by Crippen LogP contribution is -2.31. The minimum atomic E-state index is -0.455. The van der Waals surface area contributed by atoms with Crippen LogP contribution in [0.3, 0.4) is 0 Å². The second kappa shape index (κ2) is 7.47. The first kappa shape index (κ1) is 11.8. The summed E-state index contributed by atoms with van der Waals surface area (Å²) in [6, 6.07) is 0. The van der Waals surface area contributed by atoms with Crippen LogP contribution >= 0.6 is 0 Å². The molecule has 2 amide bonds. The molecular formula is C6H12N2O5. The zero-order valence-corrected chi connectivity index (χ0v) is 7.00. The average molecular weight is 192 g/mol. The van der Waals surface area contributed by atoms with Crippen molar-refractivity contribution < 1.29 is 24.5 Å². The predicted octanol–water partition coefficient (Wildman–Crippen LogP) is -2.27. The number of aliphatic hydroxyl groups excluding tert-OH is 2. The highest BCUT2D eigenvalue weighted by molar-refractivity contribution is 5.46. The van der Waals surface area contributed by atoms with Crippen LogP contribution in [0.4, 0.5) is 0 Å². The summed E-state index contributed by atoms with van der Waals surface area (Å²) < 4.78 is 4.79. The molecule has 76 valence electrons. The van der Waals surface area contributed by atoms with Gasteiger partial charge in [0.15, 0.2) is 0 Å². The Hall–Kier alpha value is -1.18. The molecule has 2 N–H and O–H groups in total. The molecule has 13 heavy (non-hydrogen) atoms. The average Bonchev–Trinajstić information content (AvgIpc) is 2.19. The number of nitrogens with zero attached hydrogens (tertiary/aromatic N) is 2. The maximum Gasteiger partial charge on any atom is 0.213 e. The number of amides is 2. The van der Waals surface area contributed by atoms with Crippen LogP contribution in [0.1, 0.15) is 0 Å². The van der Waals surface area contributed by atoms with E-state index in [1.165, 1.54) is 0 Å². The van der Waals surface area contributed by atoms with Gasteiger partial charge in [-0.3, -0.25) is 19.4 Å². The van der Waals surface area contributed by atoms with Crippen molar-refractivity contribution in [2.75, 3.05) is 26.9 Å². The molecule has 7 heteroatoms. The Morgan fingerprint density at radius 2 is 1.38 bits per heavy atom. The molecule has 0 bridgehead atoms. The molecule has 0 aliphatic heterocycles. The topological polar surface area (TPSA) is 90.3 Å². The van der Waals surface area contributed by atoms with Gasteiger partial charge in [0.2, 0.25) is 12.8 Å². The molecule has 0 aromatic rings. The van der Waals surface area contributed by atoms with E-state index in [1.807, 2.05) is 0 Å². The molecule has 0 aliphatic rings. The van der Waals surface area contributed by atoms with Crippen molar-refractivity contribution in [3.05, 3.63) is 0 Å². The van der Waals surface area contributed by atoms with Crippen LogP contribution in [-0.2, 0) is 14.3 Å². The second-order valence-corrected chi connectivity index (χ2v) is 2.13. The van der Waals surface area contributed by atoms with Gasteiger partial charge in [0, 0.05) is 0 Å². The molecule has 0 heterocycles. The first-order chi connectivity index (χ1) is 6.28. The van der Waals surface area contributed by atoms with Gasteiger partial charge in [0.1, 0.15) is 26.9 Å². The zero-order chi connectivity index (χ0) is 10.1. The first-order valence-electron chi connectivity index (χ1n) is 3.46. The van der Waals surface area contributed by atoms with Gasteiger partial charge in [-0.15, -0.1) is 0 Å². The van der Waals surface area contributed by atoms with Crippen LogP contribution in [0, 0.1) is 0 Å². The number of carbonyl (C=O) groups is 2. The van der Waals surface area contributed by atoms with E-state index in [-0.39, 0.29) is 13.5 Å². The normalized spacial score (nSPS) is 9.38. The molecule has 0 rings (SSSR count). The summed E-state index contributed by atoms with van der Waals surface area (Å²) in [5, 5.41) is 17.0. The van der Waals surface area contributed by atoms with Crippen molar-refractivity contribution in [2.45, 2.75) is 0 Å². The van der Waals surface area contributed by atoms with Gasteiger partial charge in [-0.2, -0.15) is 0 Å². The summed E-state index contributed by atoms with van der Waals surface area (Å²) in [6.07, 6.45) is 0.814. The van der Waals surface area contributed by atoms with E-state index in [9.17, 15) is 9.59 Å². The summed E-state index contributed by atoms with van der Waals surface area (Å²) >= 11 is 0. The maximum atomic E-state index is 10.1. The molecule has 7 nitrogen and oxygen atoms in total. The molecule has 0 aromatic heterocycles. The zero-order valence-electron chi connectivity index (χ0n) is 7.00. The van der Waals surface area contributed by atoms with Crippen LogP contribution in [0.5, 0.6) is 0 Å². The predicted molar refractivity (Wildman–Crippen MR) is 40.8 cm³/mol. The minimum Gasteiger partial charge on any atom is -0.376 e. The Morgan fingerprint density at radius 3 is 1.62 bits per heavy atom. The lowest BCUT2D eigenvalue weighted by atomic mass is 10.8. The fraction of sp³-hybridized carbons (Fsp3) is 0.667. The van der Waals surface area contributed by atoms with Gasteiger partial charge < -0.3 is 14.9 Å². The largest absolute Gasteiger partial charge is 0.376 e. The Morgan fingerprint density at radius 1 is 1.00 bits per heavy atom. The minimum absolute atomic E-state index is 0.135. The summed E-state index contributed by atoms with van der Waals surface area (Å²) in [7, 11) is 0. The maximum absolute atomic E-state index is 10.1. The van der Waals surface area contributed by atoms with Crippen LogP contribution in [-0.4, -0.2) is 59.8 Å². The number of hydrogen-bond acceptors (Lipinski definition) is 5. The highest BCUT2D eigenvalue weighted by Gasteiger charge is 2.01. The third-order valence-corrected chi connectivity index (χ3v) is 1.18. The second-order valence-electron chi connectivity index (χ2n) is 2.13. The number of aliphatic hydroxyl groups is 2.